The van der Waals surface area contributed by atoms with E-state index in [9.17, 15) is 9.36 Å². The van der Waals surface area contributed by atoms with Crippen molar-refractivity contribution in [2.45, 2.75) is 110 Å². The molecule has 0 saturated carbocycles. The fourth-order valence-electron chi connectivity index (χ4n) is 3.73. The van der Waals surface area contributed by atoms with E-state index >= 15 is 0 Å². The predicted molar refractivity (Wildman–Crippen MR) is 123 cm³/mol. The van der Waals surface area contributed by atoms with Crippen LogP contribution in [0.3, 0.4) is 0 Å². The van der Waals surface area contributed by atoms with Gasteiger partial charge in [0.15, 0.2) is 0 Å². The standard InChI is InChI=1S/C23H44NO5P/c1-4-7-8-9-10-11-12-13-14-15-16-17-18-19-22-21(24-23(25)29-22)20-30(26,27-5-2)28-6-3/h18-19,21-22H,4-17,20H2,1-3H3,(H,24,25)/b19-18+/t21-,22+/m1/s1. The highest BCUT2D eigenvalue weighted by molar-refractivity contribution is 7.53. The van der Waals surface area contributed by atoms with E-state index in [1.54, 1.807) is 13.8 Å². The molecule has 1 aliphatic heterocycles. The maximum Gasteiger partial charge on any atom is 0.408 e. The zero-order chi connectivity index (χ0) is 22.1. The first-order chi connectivity index (χ1) is 14.5. The van der Waals surface area contributed by atoms with E-state index in [0.717, 1.165) is 12.8 Å². The van der Waals surface area contributed by atoms with Crippen molar-refractivity contribution < 1.29 is 23.1 Å². The summed E-state index contributed by atoms with van der Waals surface area (Å²) in [7, 11) is -3.23. The Hall–Kier alpha value is -0.840. The summed E-state index contributed by atoms with van der Waals surface area (Å²) < 4.78 is 28.7. The van der Waals surface area contributed by atoms with E-state index in [2.05, 4.69) is 18.3 Å². The molecule has 30 heavy (non-hydrogen) atoms. The van der Waals surface area contributed by atoms with Gasteiger partial charge in [0.25, 0.3) is 0 Å². The molecule has 7 heteroatoms. The summed E-state index contributed by atoms with van der Waals surface area (Å²) in [5.74, 6) is 0. The van der Waals surface area contributed by atoms with Gasteiger partial charge in [0.1, 0.15) is 6.10 Å². The van der Waals surface area contributed by atoms with Crippen LogP contribution < -0.4 is 5.32 Å². The first kappa shape index (κ1) is 27.2. The van der Waals surface area contributed by atoms with Crippen molar-refractivity contribution in [2.75, 3.05) is 19.4 Å². The summed E-state index contributed by atoms with van der Waals surface area (Å²) in [6.07, 6.45) is 18.7. The Kier molecular flexibility index (Phi) is 15.2. The number of hydrogen-bond acceptors (Lipinski definition) is 5. The van der Waals surface area contributed by atoms with Gasteiger partial charge in [-0.3, -0.25) is 4.57 Å². The lowest BCUT2D eigenvalue weighted by Crippen LogP contribution is -2.34. The van der Waals surface area contributed by atoms with Crippen molar-refractivity contribution >= 4 is 13.7 Å². The molecule has 0 aromatic carbocycles. The summed E-state index contributed by atoms with van der Waals surface area (Å²) >= 11 is 0. The van der Waals surface area contributed by atoms with Gasteiger partial charge in [0.05, 0.1) is 25.4 Å². The summed E-state index contributed by atoms with van der Waals surface area (Å²) in [6.45, 7) is 6.42. The zero-order valence-corrected chi connectivity index (χ0v) is 20.3. The lowest BCUT2D eigenvalue weighted by atomic mass is 10.0. The second kappa shape index (κ2) is 16.8. The molecule has 1 N–H and O–H groups in total. The third-order valence-electron chi connectivity index (χ3n) is 5.31. The van der Waals surface area contributed by atoms with Crippen LogP contribution in [0.25, 0.3) is 0 Å². The van der Waals surface area contributed by atoms with Gasteiger partial charge in [0.2, 0.25) is 0 Å². The van der Waals surface area contributed by atoms with Crippen LogP contribution in [0.4, 0.5) is 4.79 Å². The molecular weight excluding hydrogens is 401 g/mol. The van der Waals surface area contributed by atoms with Crippen LogP contribution in [-0.4, -0.2) is 37.6 Å². The summed E-state index contributed by atoms with van der Waals surface area (Å²) in [5.41, 5.74) is 0. The fraction of sp³-hybridized carbons (Fsp3) is 0.870. The number of cyclic esters (lactones) is 1. The number of rotatable bonds is 19. The molecule has 0 bridgehead atoms. The van der Waals surface area contributed by atoms with Gasteiger partial charge < -0.3 is 19.1 Å². The highest BCUT2D eigenvalue weighted by Gasteiger charge is 2.39. The van der Waals surface area contributed by atoms with Gasteiger partial charge in [-0.15, -0.1) is 0 Å². The van der Waals surface area contributed by atoms with E-state index in [1.807, 2.05) is 6.08 Å². The monoisotopic (exact) mass is 445 g/mol. The molecule has 1 amide bonds. The van der Waals surface area contributed by atoms with Crippen molar-refractivity contribution in [1.29, 1.82) is 0 Å². The number of allylic oxidation sites excluding steroid dienone is 1. The molecule has 1 aliphatic rings. The molecule has 2 atom stereocenters. The quantitative estimate of drug-likeness (QED) is 0.132. The van der Waals surface area contributed by atoms with Gasteiger partial charge in [-0.25, -0.2) is 4.79 Å². The molecule has 0 unspecified atom stereocenters. The Bertz CT molecular complexity index is 516. The minimum atomic E-state index is -3.23. The Morgan fingerprint density at radius 2 is 1.43 bits per heavy atom. The normalized spacial score (nSPS) is 19.4. The van der Waals surface area contributed by atoms with Crippen LogP contribution in [0.2, 0.25) is 0 Å². The van der Waals surface area contributed by atoms with E-state index in [4.69, 9.17) is 13.8 Å². The maximum atomic E-state index is 12.7. The molecule has 0 radical (unpaired) electrons. The van der Waals surface area contributed by atoms with Crippen LogP contribution >= 0.6 is 7.60 Å². The number of alkyl carbamates (subject to hydrolysis) is 1. The number of carbonyl (C=O) groups is 1. The van der Waals surface area contributed by atoms with Crippen molar-refractivity contribution in [2.24, 2.45) is 0 Å². The summed E-state index contributed by atoms with van der Waals surface area (Å²) in [6, 6.07) is -0.394. The van der Waals surface area contributed by atoms with Gasteiger partial charge in [-0.05, 0) is 32.8 Å². The first-order valence-electron chi connectivity index (χ1n) is 12.1. The van der Waals surface area contributed by atoms with Crippen molar-refractivity contribution in [3.8, 4) is 0 Å². The van der Waals surface area contributed by atoms with Crippen molar-refractivity contribution in [3.63, 3.8) is 0 Å². The van der Waals surface area contributed by atoms with Crippen LogP contribution in [-0.2, 0) is 18.3 Å². The van der Waals surface area contributed by atoms with Gasteiger partial charge in [0, 0.05) is 0 Å². The summed E-state index contributed by atoms with van der Waals surface area (Å²) in [5, 5.41) is 2.73. The number of unbranched alkanes of at least 4 members (excludes halogenated alkanes) is 11. The zero-order valence-electron chi connectivity index (χ0n) is 19.4. The third-order valence-corrected chi connectivity index (χ3v) is 7.46. The number of nitrogens with one attached hydrogen (secondary N) is 1. The minimum Gasteiger partial charge on any atom is -0.440 e. The van der Waals surface area contributed by atoms with Crippen molar-refractivity contribution in [3.05, 3.63) is 12.2 Å². The lowest BCUT2D eigenvalue weighted by Gasteiger charge is -2.21. The molecule has 0 spiro atoms. The Morgan fingerprint density at radius 3 is 1.97 bits per heavy atom. The highest BCUT2D eigenvalue weighted by Crippen LogP contribution is 2.49. The second-order valence-electron chi connectivity index (χ2n) is 8.00. The van der Waals surface area contributed by atoms with Crippen LogP contribution in [0, 0.1) is 0 Å². The highest BCUT2D eigenvalue weighted by atomic mass is 31.2. The molecular formula is C23H44NO5P. The lowest BCUT2D eigenvalue weighted by molar-refractivity contribution is 0.153. The summed E-state index contributed by atoms with van der Waals surface area (Å²) in [4.78, 5) is 11.7. The minimum absolute atomic E-state index is 0.119. The largest absolute Gasteiger partial charge is 0.440 e. The molecule has 0 aromatic heterocycles. The number of hydrogen-bond donors (Lipinski definition) is 1. The topological polar surface area (TPSA) is 73.9 Å². The van der Waals surface area contributed by atoms with Crippen LogP contribution in [0.5, 0.6) is 0 Å². The first-order valence-corrected chi connectivity index (χ1v) is 13.8. The molecule has 176 valence electrons. The molecule has 1 heterocycles. The smallest absolute Gasteiger partial charge is 0.408 e. The Balaban J connectivity index is 2.20. The van der Waals surface area contributed by atoms with Crippen molar-refractivity contribution in [1.82, 2.24) is 5.32 Å². The second-order valence-corrected chi connectivity index (χ2v) is 10.1. The predicted octanol–water partition coefficient (Wildman–Crippen LogP) is 6.99. The average Bonchev–Trinajstić information content (AvgIpc) is 3.04. The Morgan fingerprint density at radius 1 is 0.900 bits per heavy atom. The number of carbonyl (C=O) groups excluding carboxylic acids is 1. The molecule has 1 fully saturated rings. The van der Waals surface area contributed by atoms with E-state index < -0.39 is 25.8 Å². The number of amides is 1. The van der Waals surface area contributed by atoms with E-state index in [1.165, 1.54) is 64.2 Å². The number of ether oxygens (including phenoxy) is 1. The van der Waals surface area contributed by atoms with Crippen LogP contribution in [0.1, 0.15) is 97.8 Å². The Labute approximate surface area is 184 Å². The van der Waals surface area contributed by atoms with Crippen LogP contribution in [0.15, 0.2) is 12.2 Å². The van der Waals surface area contributed by atoms with E-state index in [-0.39, 0.29) is 6.16 Å². The molecule has 0 aromatic rings. The SMILES string of the molecule is CCCCCCCCCCCCC/C=C/[C@@H]1OC(=O)N[C@@H]1CP(=O)(OCC)OCC. The fourth-order valence-corrected chi connectivity index (χ4v) is 5.58. The third kappa shape index (κ3) is 12.1. The molecule has 6 nitrogen and oxygen atoms in total. The molecule has 0 aliphatic carbocycles. The average molecular weight is 446 g/mol. The maximum absolute atomic E-state index is 12.7. The van der Waals surface area contributed by atoms with Gasteiger partial charge in [-0.1, -0.05) is 77.2 Å². The van der Waals surface area contributed by atoms with E-state index in [0.29, 0.717) is 13.2 Å². The molecule has 1 saturated heterocycles. The van der Waals surface area contributed by atoms with Gasteiger partial charge >= 0.3 is 13.7 Å². The van der Waals surface area contributed by atoms with Gasteiger partial charge in [-0.2, -0.15) is 0 Å². The molecule has 1 rings (SSSR count).